The third-order valence-corrected chi connectivity index (χ3v) is 4.74. The maximum Gasteiger partial charge on any atom is 0.267 e. The molecule has 0 atom stereocenters. The van der Waals surface area contributed by atoms with E-state index in [0.29, 0.717) is 5.69 Å². The minimum atomic E-state index is -0.271. The summed E-state index contributed by atoms with van der Waals surface area (Å²) in [6.07, 6.45) is 5.59. The molecule has 5 nitrogen and oxygen atoms in total. The molecular formula is C18H20BrN3O2. The highest BCUT2D eigenvalue weighted by Crippen LogP contribution is 2.20. The van der Waals surface area contributed by atoms with Crippen LogP contribution in [0.2, 0.25) is 0 Å². The van der Waals surface area contributed by atoms with Gasteiger partial charge in [0, 0.05) is 22.1 Å². The molecule has 0 radical (unpaired) electrons. The summed E-state index contributed by atoms with van der Waals surface area (Å²) in [4.78, 5) is 24.2. The summed E-state index contributed by atoms with van der Waals surface area (Å²) in [5.74, 6) is -0.150. The topological polar surface area (TPSA) is 64.0 Å². The summed E-state index contributed by atoms with van der Waals surface area (Å²) in [6.45, 7) is -0.0445. The molecule has 0 spiro atoms. The van der Waals surface area contributed by atoms with Gasteiger partial charge in [-0.3, -0.25) is 9.59 Å². The van der Waals surface area contributed by atoms with Gasteiger partial charge in [-0.15, -0.1) is 0 Å². The van der Waals surface area contributed by atoms with Crippen molar-refractivity contribution in [1.29, 1.82) is 0 Å². The van der Waals surface area contributed by atoms with E-state index in [1.165, 1.54) is 17.2 Å². The molecule has 1 aliphatic carbocycles. The van der Waals surface area contributed by atoms with Crippen LogP contribution in [0.15, 0.2) is 45.7 Å². The molecule has 0 bridgehead atoms. The Morgan fingerprint density at radius 3 is 2.75 bits per heavy atom. The number of carbonyl (C=O) groups excluding carboxylic acids is 1. The highest BCUT2D eigenvalue weighted by atomic mass is 79.9. The number of benzene rings is 1. The van der Waals surface area contributed by atoms with Gasteiger partial charge in [-0.2, -0.15) is 5.10 Å². The van der Waals surface area contributed by atoms with E-state index in [1.807, 2.05) is 24.3 Å². The van der Waals surface area contributed by atoms with Crippen molar-refractivity contribution in [3.05, 3.63) is 51.2 Å². The molecule has 3 rings (SSSR count). The van der Waals surface area contributed by atoms with Crippen molar-refractivity contribution in [2.75, 3.05) is 0 Å². The van der Waals surface area contributed by atoms with E-state index in [4.69, 9.17) is 0 Å². The Balaban J connectivity index is 1.74. The molecule has 1 aromatic carbocycles. The van der Waals surface area contributed by atoms with Gasteiger partial charge >= 0.3 is 0 Å². The van der Waals surface area contributed by atoms with E-state index >= 15 is 0 Å². The number of nitrogens with one attached hydrogen (secondary N) is 1. The van der Waals surface area contributed by atoms with E-state index in [9.17, 15) is 9.59 Å². The van der Waals surface area contributed by atoms with Crippen LogP contribution < -0.4 is 10.9 Å². The fraction of sp³-hybridized carbons (Fsp3) is 0.389. The van der Waals surface area contributed by atoms with E-state index < -0.39 is 0 Å². The highest BCUT2D eigenvalue weighted by molar-refractivity contribution is 9.10. The number of rotatable bonds is 4. The van der Waals surface area contributed by atoms with Crippen LogP contribution in [0.3, 0.4) is 0 Å². The summed E-state index contributed by atoms with van der Waals surface area (Å²) in [6, 6.07) is 11.1. The largest absolute Gasteiger partial charge is 0.352 e. The lowest BCUT2D eigenvalue weighted by molar-refractivity contribution is -0.122. The van der Waals surface area contributed by atoms with Crippen molar-refractivity contribution in [3.8, 4) is 11.3 Å². The summed E-state index contributed by atoms with van der Waals surface area (Å²) < 4.78 is 2.17. The van der Waals surface area contributed by atoms with Crippen molar-refractivity contribution >= 4 is 21.8 Å². The van der Waals surface area contributed by atoms with Crippen LogP contribution in [0.5, 0.6) is 0 Å². The summed E-state index contributed by atoms with van der Waals surface area (Å²) in [7, 11) is 0. The predicted octanol–water partition coefficient (Wildman–Crippen LogP) is 3.12. The standard InChI is InChI=1S/C18H20BrN3O2/c19-14-6-4-5-13(11-14)16-9-10-18(24)22(21-16)12-17(23)20-15-7-2-1-3-8-15/h4-6,9-11,15H,1-3,7-8,12H2,(H,20,23). The number of nitrogens with zero attached hydrogens (tertiary/aromatic N) is 2. The Labute approximate surface area is 149 Å². The van der Waals surface area contributed by atoms with Crippen LogP contribution in [0, 0.1) is 0 Å². The zero-order valence-electron chi connectivity index (χ0n) is 13.4. The van der Waals surface area contributed by atoms with Crippen LogP contribution in [-0.4, -0.2) is 21.7 Å². The Bertz CT molecular complexity index is 782. The number of amides is 1. The molecule has 1 aliphatic rings. The SMILES string of the molecule is O=C(Cn1nc(-c2cccc(Br)c2)ccc1=O)NC1CCCCC1. The van der Waals surface area contributed by atoms with Gasteiger partial charge in [0.05, 0.1) is 5.69 Å². The highest BCUT2D eigenvalue weighted by Gasteiger charge is 2.16. The van der Waals surface area contributed by atoms with Gasteiger partial charge in [0.2, 0.25) is 5.91 Å². The van der Waals surface area contributed by atoms with Crippen LogP contribution in [-0.2, 0) is 11.3 Å². The molecule has 0 saturated heterocycles. The van der Waals surface area contributed by atoms with Crippen molar-refractivity contribution in [3.63, 3.8) is 0 Å². The van der Waals surface area contributed by atoms with Crippen molar-refractivity contribution in [2.24, 2.45) is 0 Å². The second-order valence-corrected chi connectivity index (χ2v) is 7.04. The van der Waals surface area contributed by atoms with E-state index in [2.05, 4.69) is 26.3 Å². The first-order valence-electron chi connectivity index (χ1n) is 8.25. The molecule has 1 saturated carbocycles. The first-order chi connectivity index (χ1) is 11.6. The second kappa shape index (κ2) is 7.75. The minimum Gasteiger partial charge on any atom is -0.352 e. The molecule has 1 amide bonds. The van der Waals surface area contributed by atoms with E-state index in [-0.39, 0.29) is 24.1 Å². The molecule has 0 unspecified atom stereocenters. The van der Waals surface area contributed by atoms with Crippen LogP contribution in [0.1, 0.15) is 32.1 Å². The lowest BCUT2D eigenvalue weighted by atomic mass is 9.95. The number of hydrogen-bond donors (Lipinski definition) is 1. The summed E-state index contributed by atoms with van der Waals surface area (Å²) in [5.41, 5.74) is 1.29. The molecule has 1 fully saturated rings. The number of hydrogen-bond acceptors (Lipinski definition) is 3. The van der Waals surface area contributed by atoms with Gasteiger partial charge in [-0.25, -0.2) is 4.68 Å². The lowest BCUT2D eigenvalue weighted by Crippen LogP contribution is -2.40. The van der Waals surface area contributed by atoms with Gasteiger partial charge < -0.3 is 5.32 Å². The zero-order valence-corrected chi connectivity index (χ0v) is 15.0. The molecule has 6 heteroatoms. The molecule has 1 heterocycles. The second-order valence-electron chi connectivity index (χ2n) is 6.13. The quantitative estimate of drug-likeness (QED) is 0.873. The summed E-state index contributed by atoms with van der Waals surface area (Å²) in [5, 5.41) is 7.36. The molecule has 126 valence electrons. The number of halogens is 1. The van der Waals surface area contributed by atoms with E-state index in [1.54, 1.807) is 6.07 Å². The van der Waals surface area contributed by atoms with Crippen molar-refractivity contribution in [2.45, 2.75) is 44.7 Å². The molecule has 1 N–H and O–H groups in total. The number of carbonyl (C=O) groups is 1. The average Bonchev–Trinajstić information content (AvgIpc) is 2.58. The third-order valence-electron chi connectivity index (χ3n) is 4.25. The smallest absolute Gasteiger partial charge is 0.267 e. The van der Waals surface area contributed by atoms with Gasteiger partial charge in [0.1, 0.15) is 6.54 Å². The lowest BCUT2D eigenvalue weighted by Gasteiger charge is -2.22. The fourth-order valence-electron chi connectivity index (χ4n) is 3.02. The Morgan fingerprint density at radius 2 is 2.00 bits per heavy atom. The molecule has 24 heavy (non-hydrogen) atoms. The maximum atomic E-state index is 12.2. The number of aromatic nitrogens is 2. The first kappa shape index (κ1) is 16.9. The van der Waals surface area contributed by atoms with Crippen molar-refractivity contribution < 1.29 is 4.79 Å². The van der Waals surface area contributed by atoms with Crippen molar-refractivity contribution in [1.82, 2.24) is 15.1 Å². The normalized spacial score (nSPS) is 15.2. The van der Waals surface area contributed by atoms with Gasteiger partial charge in [-0.05, 0) is 31.0 Å². The average molecular weight is 390 g/mol. The molecule has 0 aliphatic heterocycles. The van der Waals surface area contributed by atoms with Crippen LogP contribution in [0.25, 0.3) is 11.3 Å². The van der Waals surface area contributed by atoms with Crippen LogP contribution in [0.4, 0.5) is 0 Å². The van der Waals surface area contributed by atoms with E-state index in [0.717, 1.165) is 35.7 Å². The molecular weight excluding hydrogens is 370 g/mol. The van der Waals surface area contributed by atoms with Gasteiger partial charge in [-0.1, -0.05) is 47.3 Å². The Morgan fingerprint density at radius 1 is 1.21 bits per heavy atom. The molecule has 1 aromatic heterocycles. The van der Waals surface area contributed by atoms with Gasteiger partial charge in [0.25, 0.3) is 5.56 Å². The minimum absolute atomic E-state index is 0.0445. The predicted molar refractivity (Wildman–Crippen MR) is 96.6 cm³/mol. The zero-order chi connectivity index (χ0) is 16.9. The first-order valence-corrected chi connectivity index (χ1v) is 9.04. The third kappa shape index (κ3) is 4.32. The Kier molecular flexibility index (Phi) is 5.45. The fourth-order valence-corrected chi connectivity index (χ4v) is 3.42. The summed E-state index contributed by atoms with van der Waals surface area (Å²) >= 11 is 3.43. The van der Waals surface area contributed by atoms with Crippen LogP contribution >= 0.6 is 15.9 Å². The maximum absolute atomic E-state index is 12.2. The molecule has 2 aromatic rings. The Hall–Kier alpha value is -1.95. The monoisotopic (exact) mass is 389 g/mol. The van der Waals surface area contributed by atoms with Gasteiger partial charge in [0.15, 0.2) is 0 Å².